The number of carbonyl (C=O) groups is 1. The van der Waals surface area contributed by atoms with Crippen molar-refractivity contribution < 1.29 is 15.0 Å². The molecule has 45 heavy (non-hydrogen) atoms. The van der Waals surface area contributed by atoms with Crippen LogP contribution in [0.4, 0.5) is 0 Å². The summed E-state index contributed by atoms with van der Waals surface area (Å²) in [4.78, 5) is 12.5. The molecule has 2 N–H and O–H groups in total. The van der Waals surface area contributed by atoms with Gasteiger partial charge in [0.25, 0.3) is 0 Å². The van der Waals surface area contributed by atoms with Crippen LogP contribution in [0.5, 0.6) is 0 Å². The van der Waals surface area contributed by atoms with Gasteiger partial charge in [-0.3, -0.25) is 0 Å². The second-order valence-corrected chi connectivity index (χ2v) is 17.3. The summed E-state index contributed by atoms with van der Waals surface area (Å²) in [7, 11) is 0. The molecule has 4 saturated carbocycles. The number of hydrogen-bond donors (Lipinski definition) is 2. The molecule has 5 aliphatic rings. The Morgan fingerprint density at radius 3 is 2.44 bits per heavy atom. The molecule has 2 aromatic rings. The number of aromatic nitrogens is 4. The highest BCUT2D eigenvalue weighted by Gasteiger charge is 2.69. The number of aldehydes is 1. The first-order chi connectivity index (χ1) is 21.3. The first kappa shape index (κ1) is 31.2. The fraction of sp³-hybridized carbons (Fsp3) is 0.737. The first-order valence-corrected chi connectivity index (χ1v) is 17.6. The second-order valence-electron chi connectivity index (χ2n) is 17.3. The predicted molar refractivity (Wildman–Crippen MR) is 175 cm³/mol. The number of aryl methyl sites for hydroxylation is 1. The molecule has 1 aromatic carbocycles. The molecule has 0 bridgehead atoms. The number of hydrogen-bond acceptors (Lipinski definition) is 6. The topological polar surface area (TPSA) is 101 Å². The molecule has 0 saturated heterocycles. The van der Waals surface area contributed by atoms with Crippen molar-refractivity contribution in [2.24, 2.45) is 56.7 Å². The summed E-state index contributed by atoms with van der Waals surface area (Å²) in [6.07, 6.45) is 11.4. The molecule has 5 aliphatic carbocycles. The highest BCUT2D eigenvalue weighted by Crippen LogP contribution is 2.74. The Balaban J connectivity index is 1.25. The smallest absolute Gasteiger partial charge is 0.182 e. The zero-order valence-electron chi connectivity index (χ0n) is 28.2. The summed E-state index contributed by atoms with van der Waals surface area (Å²) in [6, 6.07) is 10.2. The van der Waals surface area contributed by atoms with Gasteiger partial charge in [0.1, 0.15) is 6.29 Å². The van der Waals surface area contributed by atoms with Gasteiger partial charge in [-0.15, -0.1) is 5.10 Å². The number of fused-ring (bicyclic) bond motifs is 7. The largest absolute Gasteiger partial charge is 0.393 e. The van der Waals surface area contributed by atoms with Crippen molar-refractivity contribution in [3.05, 3.63) is 42.0 Å². The van der Waals surface area contributed by atoms with Crippen molar-refractivity contribution in [2.45, 2.75) is 118 Å². The van der Waals surface area contributed by atoms with Gasteiger partial charge in [-0.25, -0.2) is 4.68 Å². The third-order valence-electron chi connectivity index (χ3n) is 15.2. The van der Waals surface area contributed by atoms with E-state index in [0.29, 0.717) is 24.2 Å². The lowest BCUT2D eigenvalue weighted by atomic mass is 9.34. The van der Waals surface area contributed by atoms with Crippen LogP contribution in [0.15, 0.2) is 42.0 Å². The van der Waals surface area contributed by atoms with Crippen LogP contribution in [-0.4, -0.2) is 48.9 Å². The molecule has 4 fully saturated rings. The lowest BCUT2D eigenvalue weighted by Gasteiger charge is -2.71. The second kappa shape index (κ2) is 10.6. The molecule has 1 heterocycles. The highest BCUT2D eigenvalue weighted by atomic mass is 16.3. The summed E-state index contributed by atoms with van der Waals surface area (Å²) in [6.45, 7) is 15.1. The van der Waals surface area contributed by atoms with Crippen molar-refractivity contribution in [3.63, 3.8) is 0 Å². The zero-order chi connectivity index (χ0) is 32.0. The number of aliphatic hydroxyl groups is 2. The first-order valence-electron chi connectivity index (χ1n) is 17.6. The molecular formula is C38H54N4O3. The van der Waals surface area contributed by atoms with E-state index in [1.54, 1.807) is 5.57 Å². The van der Waals surface area contributed by atoms with Gasteiger partial charge in [0.05, 0.1) is 17.6 Å². The van der Waals surface area contributed by atoms with Crippen LogP contribution in [0.1, 0.15) is 99.3 Å². The third-order valence-corrected chi connectivity index (χ3v) is 15.2. The van der Waals surface area contributed by atoms with Gasteiger partial charge < -0.3 is 15.0 Å². The minimum Gasteiger partial charge on any atom is -0.393 e. The number of aliphatic hydroxyl groups excluding tert-OH is 2. The zero-order valence-corrected chi connectivity index (χ0v) is 28.2. The maximum absolute atomic E-state index is 12.5. The molecular weight excluding hydrogens is 560 g/mol. The SMILES string of the molecule is CC1(C)CC[C@H]2[C@H](O)C[C@]3(C)C(=CC[C@@H]4[C@@]5(C)CC[C@H](O)[C@@](C)(C=O)[C@@H]5CC[C@]43C)[C@H]2C1CCn1nnnc1-c1ccccc1. The van der Waals surface area contributed by atoms with E-state index in [2.05, 4.69) is 68.4 Å². The van der Waals surface area contributed by atoms with Crippen LogP contribution >= 0.6 is 0 Å². The Morgan fingerprint density at radius 1 is 0.956 bits per heavy atom. The van der Waals surface area contributed by atoms with E-state index in [0.717, 1.165) is 75.6 Å². The van der Waals surface area contributed by atoms with Crippen LogP contribution < -0.4 is 0 Å². The monoisotopic (exact) mass is 614 g/mol. The van der Waals surface area contributed by atoms with Gasteiger partial charge >= 0.3 is 0 Å². The standard InChI is InChI=1S/C38H54N4O3/c1-34(2)18-14-25-28(44)22-38(6)27(32(25)26(34)17-21-42-33(39-40-41-42)24-10-8-7-9-11-24)12-13-30-35(3)19-16-31(45)36(4,23-43)29(35)15-20-37(30,38)5/h7-12,23,25-26,28-32,44-45H,13-22H2,1-6H3/t25-,26?,28+,29+,30+,31-,32+,35-,36-,37+,38+/m0/s1. The minimum absolute atomic E-state index is 0.0167. The molecule has 7 nitrogen and oxygen atoms in total. The molecule has 1 aromatic heterocycles. The summed E-state index contributed by atoms with van der Waals surface area (Å²) < 4.78 is 1.98. The molecule has 244 valence electrons. The van der Waals surface area contributed by atoms with Gasteiger partial charge in [0.2, 0.25) is 0 Å². The molecule has 0 aliphatic heterocycles. The quantitative estimate of drug-likeness (QED) is 0.281. The van der Waals surface area contributed by atoms with Gasteiger partial charge in [0, 0.05) is 12.1 Å². The molecule has 0 amide bonds. The Hall–Kier alpha value is -2.38. The maximum atomic E-state index is 12.5. The van der Waals surface area contributed by atoms with E-state index in [4.69, 9.17) is 0 Å². The Morgan fingerprint density at radius 2 is 1.71 bits per heavy atom. The van der Waals surface area contributed by atoms with Crippen molar-refractivity contribution in [3.8, 4) is 11.4 Å². The van der Waals surface area contributed by atoms with E-state index in [9.17, 15) is 15.0 Å². The van der Waals surface area contributed by atoms with Crippen LogP contribution in [0.2, 0.25) is 0 Å². The Bertz CT molecular complexity index is 1470. The summed E-state index contributed by atoms with van der Waals surface area (Å²) in [5, 5.41) is 36.0. The van der Waals surface area contributed by atoms with Crippen LogP contribution in [0, 0.1) is 56.7 Å². The van der Waals surface area contributed by atoms with E-state index < -0.39 is 11.5 Å². The van der Waals surface area contributed by atoms with E-state index in [1.165, 1.54) is 0 Å². The molecule has 0 radical (unpaired) electrons. The molecule has 1 unspecified atom stereocenters. The highest BCUT2D eigenvalue weighted by molar-refractivity contribution is 5.61. The van der Waals surface area contributed by atoms with E-state index in [1.807, 2.05) is 29.8 Å². The normalized spacial score (nSPS) is 45.3. The summed E-state index contributed by atoms with van der Waals surface area (Å²) in [5.74, 6) is 2.42. The number of carbonyl (C=O) groups excluding carboxylic acids is 1. The molecule has 0 spiro atoms. The number of nitrogens with zero attached hydrogens (tertiary/aromatic N) is 4. The van der Waals surface area contributed by atoms with E-state index >= 15 is 0 Å². The van der Waals surface area contributed by atoms with Crippen LogP contribution in [0.3, 0.4) is 0 Å². The lowest BCUT2D eigenvalue weighted by molar-refractivity contribution is -0.208. The van der Waals surface area contributed by atoms with Crippen molar-refractivity contribution in [1.29, 1.82) is 0 Å². The maximum Gasteiger partial charge on any atom is 0.182 e. The number of rotatable bonds is 5. The molecule has 7 heteroatoms. The third kappa shape index (κ3) is 4.35. The van der Waals surface area contributed by atoms with Gasteiger partial charge in [-0.2, -0.15) is 0 Å². The van der Waals surface area contributed by atoms with Crippen molar-refractivity contribution in [2.75, 3.05) is 0 Å². The minimum atomic E-state index is -0.691. The molecule has 11 atom stereocenters. The van der Waals surface area contributed by atoms with Gasteiger partial charge in [-0.05, 0) is 119 Å². The molecule has 7 rings (SSSR count). The van der Waals surface area contributed by atoms with Gasteiger partial charge in [-0.1, -0.05) is 83.5 Å². The average Bonchev–Trinajstić information content (AvgIpc) is 3.48. The van der Waals surface area contributed by atoms with Gasteiger partial charge in [0.15, 0.2) is 5.82 Å². The number of benzene rings is 1. The summed E-state index contributed by atoms with van der Waals surface area (Å²) >= 11 is 0. The Labute approximate surface area is 269 Å². The fourth-order valence-electron chi connectivity index (χ4n) is 12.4. The average molecular weight is 615 g/mol. The summed E-state index contributed by atoms with van der Waals surface area (Å²) in [5.41, 5.74) is 1.95. The van der Waals surface area contributed by atoms with Crippen LogP contribution in [-0.2, 0) is 11.3 Å². The lowest BCUT2D eigenvalue weighted by Crippen LogP contribution is -2.66. The Kier molecular flexibility index (Phi) is 7.33. The van der Waals surface area contributed by atoms with Crippen LogP contribution in [0.25, 0.3) is 11.4 Å². The number of allylic oxidation sites excluding steroid dienone is 2. The fourth-order valence-corrected chi connectivity index (χ4v) is 12.4. The number of tetrazole rings is 1. The van der Waals surface area contributed by atoms with Crippen molar-refractivity contribution in [1.82, 2.24) is 20.2 Å². The van der Waals surface area contributed by atoms with E-state index in [-0.39, 0.29) is 39.6 Å². The van der Waals surface area contributed by atoms with Crippen molar-refractivity contribution >= 4 is 6.29 Å². The predicted octanol–water partition coefficient (Wildman–Crippen LogP) is 6.90.